The predicted molar refractivity (Wildman–Crippen MR) is 115 cm³/mol. The summed E-state index contributed by atoms with van der Waals surface area (Å²) in [5.74, 6) is 1.15. The first kappa shape index (κ1) is 21.4. The third-order valence-corrected chi connectivity index (χ3v) is 4.77. The molecule has 1 aromatic carbocycles. The van der Waals surface area contributed by atoms with Gasteiger partial charge in [0.05, 0.1) is 41.7 Å². The molecule has 0 radical (unpaired) electrons. The van der Waals surface area contributed by atoms with Crippen LogP contribution in [0.2, 0.25) is 0 Å². The lowest BCUT2D eigenvalue weighted by molar-refractivity contribution is -0.142. The van der Waals surface area contributed by atoms with Gasteiger partial charge in [-0.2, -0.15) is 5.10 Å². The molecular formula is C18H22IN3O4S. The first-order valence-electron chi connectivity index (χ1n) is 8.55. The lowest BCUT2D eigenvalue weighted by Crippen LogP contribution is -2.07. The molecule has 0 aliphatic rings. The minimum Gasteiger partial charge on any atom is -0.490 e. The number of anilines is 1. The van der Waals surface area contributed by atoms with Crippen LogP contribution in [0.25, 0.3) is 0 Å². The molecule has 1 aromatic heterocycles. The Labute approximate surface area is 176 Å². The van der Waals surface area contributed by atoms with Crippen molar-refractivity contribution in [3.63, 3.8) is 0 Å². The van der Waals surface area contributed by atoms with Gasteiger partial charge in [0.1, 0.15) is 0 Å². The zero-order valence-electron chi connectivity index (χ0n) is 15.5. The van der Waals surface area contributed by atoms with Crippen LogP contribution < -0.4 is 14.9 Å². The number of benzene rings is 1. The standard InChI is InChI=1S/C18H22IN3O4S/c1-4-24-15-8-12(7-14(19)17(15)26-6-3)10-20-22-18-21-13(11-27-18)9-16(23)25-5-2/h7-8,10-11H,4-6,9H2,1-3H3,(H,21,22). The number of hydrogen-bond donors (Lipinski definition) is 1. The van der Waals surface area contributed by atoms with Gasteiger partial charge in [-0.15, -0.1) is 11.3 Å². The Kier molecular flexibility index (Phi) is 8.79. The van der Waals surface area contributed by atoms with Gasteiger partial charge in [0.2, 0.25) is 5.13 Å². The van der Waals surface area contributed by atoms with E-state index in [1.54, 1.807) is 13.1 Å². The van der Waals surface area contributed by atoms with Gasteiger partial charge in [0.25, 0.3) is 0 Å². The number of carbonyl (C=O) groups excluding carboxylic acids is 1. The Hall–Kier alpha value is -1.88. The molecule has 2 rings (SSSR count). The van der Waals surface area contributed by atoms with Crippen molar-refractivity contribution < 1.29 is 19.0 Å². The quantitative estimate of drug-likeness (QED) is 0.228. The molecule has 0 aliphatic heterocycles. The van der Waals surface area contributed by atoms with E-state index in [4.69, 9.17) is 14.2 Å². The Morgan fingerprint density at radius 2 is 2.04 bits per heavy atom. The number of rotatable bonds is 10. The smallest absolute Gasteiger partial charge is 0.311 e. The van der Waals surface area contributed by atoms with E-state index in [1.165, 1.54) is 11.3 Å². The van der Waals surface area contributed by atoms with Crippen molar-refractivity contribution in [2.24, 2.45) is 5.10 Å². The largest absolute Gasteiger partial charge is 0.490 e. The first-order valence-corrected chi connectivity index (χ1v) is 10.5. The lowest BCUT2D eigenvalue weighted by atomic mass is 10.2. The molecule has 9 heteroatoms. The van der Waals surface area contributed by atoms with Gasteiger partial charge in [0.15, 0.2) is 11.5 Å². The number of ether oxygens (including phenoxy) is 3. The maximum absolute atomic E-state index is 11.5. The van der Waals surface area contributed by atoms with Crippen molar-refractivity contribution in [1.29, 1.82) is 0 Å². The highest BCUT2D eigenvalue weighted by molar-refractivity contribution is 14.1. The number of halogens is 1. The Balaban J connectivity index is 2.03. The highest BCUT2D eigenvalue weighted by atomic mass is 127. The van der Waals surface area contributed by atoms with Crippen LogP contribution in [0.1, 0.15) is 32.0 Å². The minimum absolute atomic E-state index is 0.157. The van der Waals surface area contributed by atoms with Gasteiger partial charge in [-0.1, -0.05) is 0 Å². The van der Waals surface area contributed by atoms with E-state index in [1.807, 2.05) is 31.4 Å². The van der Waals surface area contributed by atoms with E-state index >= 15 is 0 Å². The summed E-state index contributed by atoms with van der Waals surface area (Å²) in [6, 6.07) is 3.85. The van der Waals surface area contributed by atoms with Gasteiger partial charge in [-0.25, -0.2) is 4.98 Å². The SMILES string of the molecule is CCOC(=O)Cc1csc(NN=Cc2cc(I)c(OCC)c(OCC)c2)n1. The van der Waals surface area contributed by atoms with Crippen molar-refractivity contribution in [3.8, 4) is 11.5 Å². The molecule has 0 unspecified atom stereocenters. The summed E-state index contributed by atoms with van der Waals surface area (Å²) in [4.78, 5) is 15.8. The fourth-order valence-electron chi connectivity index (χ4n) is 2.17. The molecule has 146 valence electrons. The fourth-order valence-corrected chi connectivity index (χ4v) is 3.61. The monoisotopic (exact) mass is 503 g/mol. The lowest BCUT2D eigenvalue weighted by Gasteiger charge is -2.13. The summed E-state index contributed by atoms with van der Waals surface area (Å²) >= 11 is 3.60. The average molecular weight is 503 g/mol. The van der Waals surface area contributed by atoms with Gasteiger partial charge in [-0.3, -0.25) is 10.2 Å². The third-order valence-electron chi connectivity index (χ3n) is 3.18. The summed E-state index contributed by atoms with van der Waals surface area (Å²) < 4.78 is 17.2. The molecule has 0 aliphatic carbocycles. The summed E-state index contributed by atoms with van der Waals surface area (Å²) in [6.07, 6.45) is 1.84. The fraction of sp³-hybridized carbons (Fsp3) is 0.389. The Morgan fingerprint density at radius 1 is 1.26 bits per heavy atom. The van der Waals surface area contributed by atoms with Crippen LogP contribution in [0.15, 0.2) is 22.6 Å². The number of nitrogens with zero attached hydrogens (tertiary/aromatic N) is 2. The second-order valence-corrected chi connectivity index (χ2v) is 7.21. The topological polar surface area (TPSA) is 82.0 Å². The third kappa shape index (κ3) is 6.65. The molecule has 1 heterocycles. The van der Waals surface area contributed by atoms with Crippen molar-refractivity contribution in [1.82, 2.24) is 4.98 Å². The molecule has 27 heavy (non-hydrogen) atoms. The molecule has 0 spiro atoms. The predicted octanol–water partition coefficient (Wildman–Crippen LogP) is 4.10. The molecule has 0 saturated carbocycles. The number of thiazole rings is 1. The van der Waals surface area contributed by atoms with E-state index in [9.17, 15) is 4.79 Å². The van der Waals surface area contributed by atoms with Gasteiger partial charge in [-0.05, 0) is 61.1 Å². The number of nitrogens with one attached hydrogen (secondary N) is 1. The average Bonchev–Trinajstić information content (AvgIpc) is 3.05. The number of hydrazone groups is 1. The number of esters is 1. The molecule has 1 N–H and O–H groups in total. The highest BCUT2D eigenvalue weighted by Crippen LogP contribution is 2.33. The number of carbonyl (C=O) groups is 1. The van der Waals surface area contributed by atoms with E-state index in [2.05, 4.69) is 38.1 Å². The molecule has 0 saturated heterocycles. The number of aromatic nitrogens is 1. The second kappa shape index (κ2) is 11.1. The van der Waals surface area contributed by atoms with Crippen LogP contribution >= 0.6 is 33.9 Å². The normalized spacial score (nSPS) is 10.8. The number of hydrogen-bond acceptors (Lipinski definition) is 8. The summed E-state index contributed by atoms with van der Waals surface area (Å²) in [7, 11) is 0. The van der Waals surface area contributed by atoms with E-state index in [0.29, 0.717) is 36.4 Å². The van der Waals surface area contributed by atoms with Gasteiger partial charge >= 0.3 is 5.97 Å². The Bertz CT molecular complexity index is 795. The van der Waals surface area contributed by atoms with E-state index in [-0.39, 0.29) is 12.4 Å². The van der Waals surface area contributed by atoms with Crippen molar-refractivity contribution in [2.45, 2.75) is 27.2 Å². The van der Waals surface area contributed by atoms with Crippen LogP contribution in [0.3, 0.4) is 0 Å². The van der Waals surface area contributed by atoms with Crippen LogP contribution in [-0.4, -0.2) is 37.0 Å². The second-order valence-electron chi connectivity index (χ2n) is 5.19. The Morgan fingerprint density at radius 3 is 2.74 bits per heavy atom. The van der Waals surface area contributed by atoms with Crippen LogP contribution in [0.5, 0.6) is 11.5 Å². The molecule has 7 nitrogen and oxygen atoms in total. The zero-order valence-corrected chi connectivity index (χ0v) is 18.4. The first-order chi connectivity index (χ1) is 13.1. The van der Waals surface area contributed by atoms with Crippen molar-refractivity contribution in [3.05, 3.63) is 32.3 Å². The zero-order chi connectivity index (χ0) is 19.6. The van der Waals surface area contributed by atoms with Crippen LogP contribution in [-0.2, 0) is 16.0 Å². The van der Waals surface area contributed by atoms with Crippen LogP contribution in [0, 0.1) is 3.57 Å². The van der Waals surface area contributed by atoms with Crippen molar-refractivity contribution >= 4 is 51.2 Å². The molecule has 0 atom stereocenters. The van der Waals surface area contributed by atoms with Crippen LogP contribution in [0.4, 0.5) is 5.13 Å². The molecule has 0 amide bonds. The minimum atomic E-state index is -0.287. The van der Waals surface area contributed by atoms with Gasteiger partial charge < -0.3 is 14.2 Å². The molecule has 2 aromatic rings. The maximum Gasteiger partial charge on any atom is 0.311 e. The van der Waals surface area contributed by atoms with Gasteiger partial charge in [0, 0.05) is 5.38 Å². The summed E-state index contributed by atoms with van der Waals surface area (Å²) in [5, 5.41) is 6.63. The van der Waals surface area contributed by atoms with Crippen molar-refractivity contribution in [2.75, 3.05) is 25.2 Å². The van der Waals surface area contributed by atoms with E-state index in [0.717, 1.165) is 14.9 Å². The van der Waals surface area contributed by atoms with E-state index < -0.39 is 0 Å². The maximum atomic E-state index is 11.5. The summed E-state index contributed by atoms with van der Waals surface area (Å²) in [5.41, 5.74) is 4.41. The molecule has 0 bridgehead atoms. The summed E-state index contributed by atoms with van der Waals surface area (Å²) in [6.45, 7) is 7.14. The molecular weight excluding hydrogens is 481 g/mol. The molecule has 0 fully saturated rings. The highest BCUT2D eigenvalue weighted by Gasteiger charge is 2.11.